The first-order chi connectivity index (χ1) is 9.02. The molecule has 0 aromatic heterocycles. The number of nitrogens with zero attached hydrogens (tertiary/aromatic N) is 2. The van der Waals surface area contributed by atoms with Crippen LogP contribution in [0.15, 0.2) is 11.6 Å². The summed E-state index contributed by atoms with van der Waals surface area (Å²) in [6.45, 7) is 7.29. The van der Waals surface area contributed by atoms with E-state index in [2.05, 4.69) is 19.9 Å². The summed E-state index contributed by atoms with van der Waals surface area (Å²) in [4.78, 5) is 30.4. The highest BCUT2D eigenvalue weighted by atomic mass is 16.7. The van der Waals surface area contributed by atoms with Gasteiger partial charge in [-0.25, -0.2) is 9.59 Å². The zero-order chi connectivity index (χ0) is 14.0. The predicted molar refractivity (Wildman–Crippen MR) is 68.1 cm³/mol. The minimum atomic E-state index is -0.459. The van der Waals surface area contributed by atoms with Crippen LogP contribution in [0.2, 0.25) is 0 Å². The second-order valence-corrected chi connectivity index (χ2v) is 5.03. The van der Waals surface area contributed by atoms with Crippen molar-refractivity contribution in [1.82, 2.24) is 9.96 Å². The molecule has 0 aromatic rings. The van der Waals surface area contributed by atoms with Crippen LogP contribution in [0.3, 0.4) is 0 Å². The molecule has 2 aliphatic heterocycles. The van der Waals surface area contributed by atoms with E-state index in [1.807, 2.05) is 0 Å². The van der Waals surface area contributed by atoms with Crippen LogP contribution in [0.5, 0.6) is 0 Å². The highest BCUT2D eigenvalue weighted by Gasteiger charge is 2.41. The summed E-state index contributed by atoms with van der Waals surface area (Å²) in [6, 6.07) is -0.283. The maximum absolute atomic E-state index is 12.1. The van der Waals surface area contributed by atoms with Crippen molar-refractivity contribution in [3.05, 3.63) is 11.6 Å². The van der Waals surface area contributed by atoms with Gasteiger partial charge in [0.2, 0.25) is 0 Å². The number of amides is 2. The second kappa shape index (κ2) is 5.61. The molecule has 6 nitrogen and oxygen atoms in total. The van der Waals surface area contributed by atoms with Crippen LogP contribution in [0, 0.1) is 5.92 Å². The standard InChI is InChI=1S/C13H20N2O4/c1-4-18-12(16)8-19-15-11-5-10(9(2)3)6-14(7-11)13(15)17/h5,9,11H,4,6-8H2,1-3H3. The summed E-state index contributed by atoms with van der Waals surface area (Å²) in [6.07, 6.45) is 2.07. The molecule has 2 aliphatic rings. The van der Waals surface area contributed by atoms with E-state index < -0.39 is 5.97 Å². The van der Waals surface area contributed by atoms with Gasteiger partial charge >= 0.3 is 12.0 Å². The van der Waals surface area contributed by atoms with Crippen molar-refractivity contribution in [2.45, 2.75) is 26.8 Å². The molecular weight excluding hydrogens is 248 g/mol. The Morgan fingerprint density at radius 2 is 2.26 bits per heavy atom. The number of carbonyl (C=O) groups excluding carboxylic acids is 2. The zero-order valence-corrected chi connectivity index (χ0v) is 11.6. The summed E-state index contributed by atoms with van der Waals surface area (Å²) in [5.74, 6) is -0.0529. The highest BCUT2D eigenvalue weighted by Crippen LogP contribution is 2.27. The Bertz CT molecular complexity index is 405. The molecule has 1 atom stereocenters. The lowest BCUT2D eigenvalue weighted by Crippen LogP contribution is -2.35. The van der Waals surface area contributed by atoms with E-state index in [4.69, 9.17) is 9.57 Å². The lowest BCUT2D eigenvalue weighted by atomic mass is 9.98. The minimum absolute atomic E-state index is 0.104. The maximum atomic E-state index is 12.1. The van der Waals surface area contributed by atoms with Gasteiger partial charge in [0.1, 0.15) is 0 Å². The molecule has 1 unspecified atom stereocenters. The first kappa shape index (κ1) is 13.9. The molecule has 2 amide bonds. The van der Waals surface area contributed by atoms with Crippen LogP contribution in [-0.2, 0) is 14.4 Å². The number of esters is 1. The van der Waals surface area contributed by atoms with Gasteiger partial charge in [-0.15, -0.1) is 0 Å². The molecule has 2 bridgehead atoms. The number of hydrogen-bond donors (Lipinski definition) is 0. The number of hydroxylamine groups is 2. The first-order valence-electron chi connectivity index (χ1n) is 6.60. The third-order valence-corrected chi connectivity index (χ3v) is 3.32. The van der Waals surface area contributed by atoms with Gasteiger partial charge in [0, 0.05) is 13.1 Å². The Hall–Kier alpha value is -1.56. The van der Waals surface area contributed by atoms with Crippen LogP contribution in [0.1, 0.15) is 20.8 Å². The lowest BCUT2D eigenvalue weighted by Gasteiger charge is -2.23. The Morgan fingerprint density at radius 3 is 2.89 bits per heavy atom. The van der Waals surface area contributed by atoms with Crippen LogP contribution in [-0.4, -0.2) is 54.3 Å². The SMILES string of the molecule is CCOC(=O)CON1C(=O)N2CC(C(C)C)=CC1C2. The van der Waals surface area contributed by atoms with Gasteiger partial charge in [0.25, 0.3) is 0 Å². The molecule has 0 N–H and O–H groups in total. The maximum Gasteiger partial charge on any atom is 0.344 e. The summed E-state index contributed by atoms with van der Waals surface area (Å²) in [5.41, 5.74) is 1.23. The number of rotatable bonds is 5. The second-order valence-electron chi connectivity index (χ2n) is 5.03. The van der Waals surface area contributed by atoms with Gasteiger partial charge in [-0.2, -0.15) is 5.06 Å². The third-order valence-electron chi connectivity index (χ3n) is 3.32. The van der Waals surface area contributed by atoms with Crippen molar-refractivity contribution in [2.24, 2.45) is 5.92 Å². The van der Waals surface area contributed by atoms with E-state index in [-0.39, 0.29) is 18.7 Å². The smallest absolute Gasteiger partial charge is 0.344 e. The number of urea groups is 1. The minimum Gasteiger partial charge on any atom is -0.464 e. The van der Waals surface area contributed by atoms with E-state index in [0.717, 1.165) is 0 Å². The predicted octanol–water partition coefficient (Wildman–Crippen LogP) is 1.18. The molecule has 2 heterocycles. The Labute approximate surface area is 112 Å². The third kappa shape index (κ3) is 2.89. The molecular formula is C13H20N2O4. The van der Waals surface area contributed by atoms with Crippen LogP contribution < -0.4 is 0 Å². The van der Waals surface area contributed by atoms with Gasteiger partial charge < -0.3 is 9.64 Å². The summed E-state index contributed by atoms with van der Waals surface area (Å²) >= 11 is 0. The van der Waals surface area contributed by atoms with Gasteiger partial charge in [0.15, 0.2) is 6.61 Å². The molecule has 106 valence electrons. The molecule has 1 saturated heterocycles. The number of ether oxygens (including phenoxy) is 1. The Balaban J connectivity index is 1.98. The van der Waals surface area contributed by atoms with Crippen LogP contribution in [0.25, 0.3) is 0 Å². The molecule has 0 radical (unpaired) electrons. The zero-order valence-electron chi connectivity index (χ0n) is 11.6. The molecule has 0 aromatic carbocycles. The highest BCUT2D eigenvalue weighted by molar-refractivity contribution is 5.78. The number of fused-ring (bicyclic) bond motifs is 2. The van der Waals surface area contributed by atoms with Gasteiger partial charge in [0.05, 0.1) is 12.6 Å². The quantitative estimate of drug-likeness (QED) is 0.555. The first-order valence-corrected chi connectivity index (χ1v) is 6.60. The van der Waals surface area contributed by atoms with Gasteiger partial charge in [-0.3, -0.25) is 4.84 Å². The fourth-order valence-corrected chi connectivity index (χ4v) is 2.28. The molecule has 0 aliphatic carbocycles. The molecule has 1 fully saturated rings. The Morgan fingerprint density at radius 1 is 1.53 bits per heavy atom. The normalized spacial score (nSPS) is 22.0. The van der Waals surface area contributed by atoms with Gasteiger partial charge in [-0.05, 0) is 12.8 Å². The average molecular weight is 268 g/mol. The molecule has 0 saturated carbocycles. The lowest BCUT2D eigenvalue weighted by molar-refractivity contribution is -0.169. The van der Waals surface area contributed by atoms with Crippen molar-refractivity contribution in [3.8, 4) is 0 Å². The van der Waals surface area contributed by atoms with Crippen molar-refractivity contribution in [3.63, 3.8) is 0 Å². The molecule has 6 heteroatoms. The molecule has 2 rings (SSSR count). The number of hydrogen-bond acceptors (Lipinski definition) is 4. The van der Waals surface area contributed by atoms with Crippen molar-refractivity contribution >= 4 is 12.0 Å². The van der Waals surface area contributed by atoms with Gasteiger partial charge in [-0.1, -0.05) is 25.5 Å². The average Bonchev–Trinajstić information content (AvgIpc) is 2.58. The molecule has 0 spiro atoms. The largest absolute Gasteiger partial charge is 0.464 e. The number of carbonyl (C=O) groups is 2. The Kier molecular flexibility index (Phi) is 4.09. The van der Waals surface area contributed by atoms with E-state index in [1.54, 1.807) is 11.8 Å². The van der Waals surface area contributed by atoms with E-state index >= 15 is 0 Å². The summed E-state index contributed by atoms with van der Waals surface area (Å²) in [5, 5.41) is 1.28. The fraction of sp³-hybridized carbons (Fsp3) is 0.692. The van der Waals surface area contributed by atoms with Crippen molar-refractivity contribution in [1.29, 1.82) is 0 Å². The fourth-order valence-electron chi connectivity index (χ4n) is 2.28. The molecule has 19 heavy (non-hydrogen) atoms. The van der Waals surface area contributed by atoms with E-state index in [9.17, 15) is 9.59 Å². The topological polar surface area (TPSA) is 59.1 Å². The summed E-state index contributed by atoms with van der Waals surface area (Å²) in [7, 11) is 0. The summed E-state index contributed by atoms with van der Waals surface area (Å²) < 4.78 is 4.78. The van der Waals surface area contributed by atoms with Crippen molar-refractivity contribution in [2.75, 3.05) is 26.3 Å². The van der Waals surface area contributed by atoms with Crippen LogP contribution in [0.4, 0.5) is 4.79 Å². The van der Waals surface area contributed by atoms with E-state index in [1.165, 1.54) is 10.6 Å². The monoisotopic (exact) mass is 268 g/mol. The van der Waals surface area contributed by atoms with Crippen molar-refractivity contribution < 1.29 is 19.2 Å². The van der Waals surface area contributed by atoms with E-state index in [0.29, 0.717) is 25.6 Å². The van der Waals surface area contributed by atoms with Crippen LogP contribution >= 0.6 is 0 Å².